The molecule has 0 spiro atoms. The molecule has 1 aliphatic heterocycles. The fraction of sp³-hybridized carbons (Fsp3) is 0.643. The van der Waals surface area contributed by atoms with Crippen molar-refractivity contribution in [1.29, 1.82) is 0 Å². The molecule has 1 saturated heterocycles. The number of rotatable bonds is 6. The molecule has 0 bridgehead atoms. The summed E-state index contributed by atoms with van der Waals surface area (Å²) in [6, 6.07) is 4.04. The van der Waals surface area contributed by atoms with Crippen molar-refractivity contribution in [2.45, 2.75) is 25.3 Å². The highest BCUT2D eigenvalue weighted by Gasteiger charge is 2.24. The monoisotopic (exact) mass is 265 g/mol. The van der Waals surface area contributed by atoms with E-state index < -0.39 is 0 Å². The minimum absolute atomic E-state index is 0.0241. The number of hydrogen-bond acceptors (Lipinski definition) is 4. The topological polar surface area (TPSA) is 57.5 Å². The van der Waals surface area contributed by atoms with Crippen LogP contribution in [0.3, 0.4) is 0 Å². The first kappa shape index (κ1) is 14.1. The molecule has 1 amide bonds. The Kier molecular flexibility index (Phi) is 5.42. The highest BCUT2D eigenvalue weighted by atomic mass is 16.3. The zero-order valence-corrected chi connectivity index (χ0v) is 11.5. The molecule has 1 aromatic heterocycles. The van der Waals surface area contributed by atoms with Gasteiger partial charge in [-0.3, -0.25) is 9.69 Å². The second-order valence-electron chi connectivity index (χ2n) is 4.96. The molecular weight excluding hydrogens is 242 g/mol. The summed E-state index contributed by atoms with van der Waals surface area (Å²) in [6.45, 7) is 3.11. The van der Waals surface area contributed by atoms with E-state index in [4.69, 9.17) is 4.42 Å². The van der Waals surface area contributed by atoms with E-state index in [9.17, 15) is 4.79 Å². The van der Waals surface area contributed by atoms with Crippen LogP contribution < -0.4 is 10.6 Å². The minimum Gasteiger partial charge on any atom is -0.468 e. The number of likely N-dealkylation sites (N-methyl/N-ethyl adjacent to an activating group) is 1. The summed E-state index contributed by atoms with van der Waals surface area (Å²) in [5.41, 5.74) is 0. The molecule has 1 unspecified atom stereocenters. The number of carbonyl (C=O) groups is 1. The summed E-state index contributed by atoms with van der Waals surface area (Å²) >= 11 is 0. The van der Waals surface area contributed by atoms with Crippen molar-refractivity contribution < 1.29 is 9.21 Å². The van der Waals surface area contributed by atoms with E-state index in [1.165, 1.54) is 19.3 Å². The van der Waals surface area contributed by atoms with Crippen molar-refractivity contribution in [3.63, 3.8) is 0 Å². The summed E-state index contributed by atoms with van der Waals surface area (Å²) < 4.78 is 5.53. The van der Waals surface area contributed by atoms with Crippen molar-refractivity contribution in [2.24, 2.45) is 0 Å². The molecule has 0 aromatic carbocycles. The average Bonchev–Trinajstić information content (AvgIpc) is 2.94. The lowest BCUT2D eigenvalue weighted by Crippen LogP contribution is -2.42. The highest BCUT2D eigenvalue weighted by Crippen LogP contribution is 2.24. The quantitative estimate of drug-likeness (QED) is 0.810. The number of hydrogen-bond donors (Lipinski definition) is 2. The van der Waals surface area contributed by atoms with Crippen LogP contribution in [0.25, 0.3) is 0 Å². The van der Waals surface area contributed by atoms with Gasteiger partial charge >= 0.3 is 0 Å². The fourth-order valence-electron chi connectivity index (χ4n) is 2.55. The van der Waals surface area contributed by atoms with Crippen LogP contribution in [0.15, 0.2) is 22.8 Å². The molecule has 1 aromatic rings. The van der Waals surface area contributed by atoms with Gasteiger partial charge in [-0.1, -0.05) is 6.42 Å². The summed E-state index contributed by atoms with van der Waals surface area (Å²) in [5, 5.41) is 5.82. The van der Waals surface area contributed by atoms with Crippen LogP contribution in [-0.2, 0) is 4.79 Å². The average molecular weight is 265 g/mol. The molecule has 2 N–H and O–H groups in total. The number of piperidine rings is 1. The zero-order chi connectivity index (χ0) is 13.5. The van der Waals surface area contributed by atoms with Crippen LogP contribution in [0.5, 0.6) is 0 Å². The van der Waals surface area contributed by atoms with Crippen molar-refractivity contribution in [3.05, 3.63) is 24.2 Å². The third-order valence-corrected chi connectivity index (χ3v) is 3.53. The Balaban J connectivity index is 1.96. The number of nitrogens with one attached hydrogen (secondary N) is 2. The van der Waals surface area contributed by atoms with E-state index in [1.807, 2.05) is 12.1 Å². The Morgan fingerprint density at radius 3 is 2.84 bits per heavy atom. The Morgan fingerprint density at radius 1 is 1.42 bits per heavy atom. The zero-order valence-electron chi connectivity index (χ0n) is 11.5. The molecule has 0 aliphatic carbocycles. The third-order valence-electron chi connectivity index (χ3n) is 3.53. The van der Waals surface area contributed by atoms with Gasteiger partial charge in [0.1, 0.15) is 5.76 Å². The molecule has 0 radical (unpaired) electrons. The molecule has 1 aliphatic rings. The Bertz CT molecular complexity index is 372. The number of amides is 1. The normalized spacial score (nSPS) is 18.2. The lowest BCUT2D eigenvalue weighted by atomic mass is 10.1. The van der Waals surface area contributed by atoms with Crippen molar-refractivity contribution >= 4 is 5.91 Å². The summed E-state index contributed by atoms with van der Waals surface area (Å²) in [5.74, 6) is 0.961. The first-order valence-corrected chi connectivity index (χ1v) is 7.00. The molecule has 5 heteroatoms. The molecule has 2 heterocycles. The van der Waals surface area contributed by atoms with Gasteiger partial charge in [0.2, 0.25) is 5.91 Å². The first-order valence-electron chi connectivity index (χ1n) is 7.00. The molecule has 106 valence electrons. The Morgan fingerprint density at radius 2 is 2.21 bits per heavy atom. The van der Waals surface area contributed by atoms with Crippen LogP contribution in [0.1, 0.15) is 31.1 Å². The molecule has 5 nitrogen and oxygen atoms in total. The Labute approximate surface area is 114 Å². The van der Waals surface area contributed by atoms with Gasteiger partial charge in [0.05, 0.1) is 18.8 Å². The van der Waals surface area contributed by atoms with Crippen LogP contribution in [-0.4, -0.2) is 44.0 Å². The third kappa shape index (κ3) is 4.08. The van der Waals surface area contributed by atoms with Gasteiger partial charge in [-0.25, -0.2) is 0 Å². The standard InChI is InChI=1S/C14H23N3O2/c1-15-11-14(18)16-10-12(13-6-5-9-19-13)17-7-3-2-4-8-17/h5-6,9,12,15H,2-4,7-8,10-11H2,1H3,(H,16,18). The van der Waals surface area contributed by atoms with Crippen molar-refractivity contribution in [3.8, 4) is 0 Å². The summed E-state index contributed by atoms with van der Waals surface area (Å²) in [4.78, 5) is 14.0. The lowest BCUT2D eigenvalue weighted by Gasteiger charge is -2.33. The SMILES string of the molecule is CNCC(=O)NCC(c1ccco1)N1CCCCC1. The fourth-order valence-corrected chi connectivity index (χ4v) is 2.55. The van der Waals surface area contributed by atoms with Gasteiger partial charge in [0, 0.05) is 6.54 Å². The number of carbonyl (C=O) groups excluding carboxylic acids is 1. The maximum absolute atomic E-state index is 11.6. The van der Waals surface area contributed by atoms with Crippen LogP contribution in [0.2, 0.25) is 0 Å². The second kappa shape index (κ2) is 7.31. The van der Waals surface area contributed by atoms with E-state index in [1.54, 1.807) is 13.3 Å². The molecule has 19 heavy (non-hydrogen) atoms. The predicted molar refractivity (Wildman–Crippen MR) is 73.8 cm³/mol. The van der Waals surface area contributed by atoms with E-state index in [2.05, 4.69) is 15.5 Å². The number of furan rings is 1. The van der Waals surface area contributed by atoms with E-state index in [-0.39, 0.29) is 11.9 Å². The summed E-state index contributed by atoms with van der Waals surface area (Å²) in [7, 11) is 1.77. The summed E-state index contributed by atoms with van der Waals surface area (Å²) in [6.07, 6.45) is 5.44. The van der Waals surface area contributed by atoms with Gasteiger partial charge < -0.3 is 15.1 Å². The highest BCUT2D eigenvalue weighted by molar-refractivity contribution is 5.77. The van der Waals surface area contributed by atoms with E-state index in [0.29, 0.717) is 13.1 Å². The Hall–Kier alpha value is -1.33. The van der Waals surface area contributed by atoms with Crippen molar-refractivity contribution in [1.82, 2.24) is 15.5 Å². The van der Waals surface area contributed by atoms with Gasteiger partial charge in [0.15, 0.2) is 0 Å². The molecular formula is C14H23N3O2. The molecule has 1 fully saturated rings. The van der Waals surface area contributed by atoms with E-state index in [0.717, 1.165) is 18.8 Å². The van der Waals surface area contributed by atoms with Crippen LogP contribution in [0, 0.1) is 0 Å². The van der Waals surface area contributed by atoms with Crippen molar-refractivity contribution in [2.75, 3.05) is 33.2 Å². The van der Waals surface area contributed by atoms with Gasteiger partial charge in [-0.05, 0) is 45.1 Å². The predicted octanol–water partition coefficient (Wildman–Crippen LogP) is 1.14. The van der Waals surface area contributed by atoms with Crippen LogP contribution >= 0.6 is 0 Å². The lowest BCUT2D eigenvalue weighted by molar-refractivity contribution is -0.120. The maximum atomic E-state index is 11.6. The maximum Gasteiger partial charge on any atom is 0.234 e. The van der Waals surface area contributed by atoms with Crippen LogP contribution in [0.4, 0.5) is 0 Å². The van der Waals surface area contributed by atoms with E-state index >= 15 is 0 Å². The van der Waals surface area contributed by atoms with Gasteiger partial charge in [-0.2, -0.15) is 0 Å². The number of nitrogens with zero attached hydrogens (tertiary/aromatic N) is 1. The largest absolute Gasteiger partial charge is 0.468 e. The number of likely N-dealkylation sites (tertiary alicyclic amines) is 1. The molecule has 0 saturated carbocycles. The minimum atomic E-state index is 0.0241. The second-order valence-corrected chi connectivity index (χ2v) is 4.96. The smallest absolute Gasteiger partial charge is 0.234 e. The molecule has 2 rings (SSSR count). The first-order chi connectivity index (χ1) is 9.31. The van der Waals surface area contributed by atoms with Gasteiger partial charge in [-0.15, -0.1) is 0 Å². The molecule has 1 atom stereocenters. The van der Waals surface area contributed by atoms with Gasteiger partial charge in [0.25, 0.3) is 0 Å².